The first-order valence-corrected chi connectivity index (χ1v) is 5.79. The van der Waals surface area contributed by atoms with Crippen molar-refractivity contribution < 1.29 is 14.3 Å². The van der Waals surface area contributed by atoms with Gasteiger partial charge in [-0.25, -0.2) is 9.78 Å². The van der Waals surface area contributed by atoms with Gasteiger partial charge in [0.15, 0.2) is 0 Å². The number of hydrogen-bond acceptors (Lipinski definition) is 5. The molecule has 0 saturated carbocycles. The average Bonchev–Trinajstić information content (AvgIpc) is 2.52. The molecule has 0 aliphatic rings. The second-order valence-electron chi connectivity index (χ2n) is 3.76. The molecule has 0 radical (unpaired) electrons. The first-order chi connectivity index (χ1) is 9.74. The van der Waals surface area contributed by atoms with Crippen LogP contribution >= 0.6 is 0 Å². The lowest BCUT2D eigenvalue weighted by atomic mass is 10.2. The second-order valence-corrected chi connectivity index (χ2v) is 3.76. The molecule has 2 rings (SSSR count). The molecule has 0 saturated heterocycles. The lowest BCUT2D eigenvalue weighted by Gasteiger charge is -2.05. The predicted octanol–water partition coefficient (Wildman–Crippen LogP) is 1.67. The molecule has 0 bridgehead atoms. The van der Waals surface area contributed by atoms with E-state index >= 15 is 0 Å². The highest BCUT2D eigenvalue weighted by Crippen LogP contribution is 2.16. The Kier molecular flexibility index (Phi) is 4.30. The highest BCUT2D eigenvalue weighted by molar-refractivity contribution is 5.92. The summed E-state index contributed by atoms with van der Waals surface area (Å²) in [5, 5.41) is 0. The molecule has 0 unspecified atom stereocenters. The van der Waals surface area contributed by atoms with Crippen LogP contribution in [0, 0.1) is 11.8 Å². The van der Waals surface area contributed by atoms with E-state index in [4.69, 9.17) is 4.74 Å². The van der Waals surface area contributed by atoms with Crippen LogP contribution in [-0.4, -0.2) is 30.2 Å². The maximum absolute atomic E-state index is 11.6. The van der Waals surface area contributed by atoms with E-state index in [1.165, 1.54) is 20.4 Å². The third-order valence-electron chi connectivity index (χ3n) is 2.46. The molecule has 0 atom stereocenters. The van der Waals surface area contributed by atoms with Gasteiger partial charge >= 0.3 is 5.97 Å². The second kappa shape index (κ2) is 6.34. The van der Waals surface area contributed by atoms with Crippen molar-refractivity contribution in [1.29, 1.82) is 0 Å². The summed E-state index contributed by atoms with van der Waals surface area (Å²) in [6.45, 7) is 0. The number of esters is 1. The Labute approximate surface area is 116 Å². The van der Waals surface area contributed by atoms with Gasteiger partial charge in [0.25, 0.3) is 0 Å². The van der Waals surface area contributed by atoms with Gasteiger partial charge in [-0.15, -0.1) is 0 Å². The van der Waals surface area contributed by atoms with Crippen LogP contribution in [0.15, 0.2) is 36.8 Å². The number of methoxy groups -OCH3 is 2. The first-order valence-electron chi connectivity index (χ1n) is 5.79. The number of pyridine rings is 2. The molecule has 0 aliphatic heterocycles. The summed E-state index contributed by atoms with van der Waals surface area (Å²) in [5.74, 6) is 5.55. The number of hydrogen-bond donors (Lipinski definition) is 0. The van der Waals surface area contributed by atoms with Crippen LogP contribution in [0.2, 0.25) is 0 Å². The summed E-state index contributed by atoms with van der Waals surface area (Å²) in [6.07, 6.45) is 4.87. The van der Waals surface area contributed by atoms with Gasteiger partial charge in [-0.1, -0.05) is 11.8 Å². The molecular weight excluding hydrogens is 256 g/mol. The lowest BCUT2D eigenvalue weighted by Crippen LogP contribution is -2.06. The molecule has 20 heavy (non-hydrogen) atoms. The fraction of sp³-hybridized carbons (Fsp3) is 0.133. The van der Waals surface area contributed by atoms with E-state index in [9.17, 15) is 4.79 Å². The van der Waals surface area contributed by atoms with Gasteiger partial charge in [0.1, 0.15) is 5.56 Å². The summed E-state index contributed by atoms with van der Waals surface area (Å²) in [4.78, 5) is 19.6. The number of nitrogens with zero attached hydrogens (tertiary/aromatic N) is 2. The fourth-order valence-corrected chi connectivity index (χ4v) is 1.52. The van der Waals surface area contributed by atoms with Gasteiger partial charge in [-0.2, -0.15) is 0 Å². The predicted molar refractivity (Wildman–Crippen MR) is 72.3 cm³/mol. The standard InChI is InChI=1S/C15H12N2O3/c1-19-14-13(15(18)20-2)8-12(10-17-14)6-5-11-4-3-7-16-9-11/h3-4,7-10H,1-2H3. The van der Waals surface area contributed by atoms with E-state index in [1.807, 2.05) is 6.07 Å². The SMILES string of the molecule is COC(=O)c1cc(C#Cc2cccnc2)cnc1OC. The van der Waals surface area contributed by atoms with Gasteiger partial charge in [0.2, 0.25) is 5.88 Å². The van der Waals surface area contributed by atoms with E-state index in [-0.39, 0.29) is 11.4 Å². The van der Waals surface area contributed by atoms with E-state index in [0.29, 0.717) is 5.56 Å². The Morgan fingerprint density at radius 1 is 1.20 bits per heavy atom. The van der Waals surface area contributed by atoms with Crippen LogP contribution in [0.1, 0.15) is 21.5 Å². The van der Waals surface area contributed by atoms with Crippen LogP contribution in [0.3, 0.4) is 0 Å². The summed E-state index contributed by atoms with van der Waals surface area (Å²) in [6, 6.07) is 5.23. The molecule has 0 aromatic carbocycles. The minimum atomic E-state index is -0.514. The molecule has 0 N–H and O–H groups in total. The van der Waals surface area contributed by atoms with Crippen molar-refractivity contribution >= 4 is 5.97 Å². The number of carbonyl (C=O) groups is 1. The van der Waals surface area contributed by atoms with E-state index in [0.717, 1.165) is 5.56 Å². The lowest BCUT2D eigenvalue weighted by molar-refractivity contribution is 0.0596. The Balaban J connectivity index is 2.35. The molecule has 100 valence electrons. The smallest absolute Gasteiger partial charge is 0.343 e. The van der Waals surface area contributed by atoms with Gasteiger partial charge < -0.3 is 9.47 Å². The van der Waals surface area contributed by atoms with Crippen LogP contribution in [-0.2, 0) is 4.74 Å². The molecule has 2 heterocycles. The number of ether oxygens (including phenoxy) is 2. The van der Waals surface area contributed by atoms with Gasteiger partial charge in [-0.05, 0) is 18.2 Å². The molecule has 0 aliphatic carbocycles. The maximum Gasteiger partial charge on any atom is 0.343 e. The summed E-state index contributed by atoms with van der Waals surface area (Å²) >= 11 is 0. The summed E-state index contributed by atoms with van der Waals surface area (Å²) in [7, 11) is 2.74. The van der Waals surface area contributed by atoms with Gasteiger partial charge in [0, 0.05) is 29.7 Å². The quantitative estimate of drug-likeness (QED) is 0.612. The normalized spacial score (nSPS) is 9.30. The molecular formula is C15H12N2O3. The Morgan fingerprint density at radius 2 is 2.00 bits per heavy atom. The molecule has 5 heteroatoms. The van der Waals surface area contributed by atoms with Crippen LogP contribution in [0.4, 0.5) is 0 Å². The first kappa shape index (κ1) is 13.6. The maximum atomic E-state index is 11.6. The van der Waals surface area contributed by atoms with Crippen LogP contribution in [0.5, 0.6) is 5.88 Å². The number of rotatable bonds is 2. The Morgan fingerprint density at radius 3 is 2.65 bits per heavy atom. The van der Waals surface area contributed by atoms with Crippen molar-refractivity contribution in [3.8, 4) is 17.7 Å². The zero-order valence-corrected chi connectivity index (χ0v) is 11.1. The van der Waals surface area contributed by atoms with E-state index in [2.05, 4.69) is 26.5 Å². The number of aromatic nitrogens is 2. The van der Waals surface area contributed by atoms with Crippen molar-refractivity contribution in [2.75, 3.05) is 14.2 Å². The van der Waals surface area contributed by atoms with Crippen LogP contribution < -0.4 is 4.74 Å². The molecule has 5 nitrogen and oxygen atoms in total. The van der Waals surface area contributed by atoms with Crippen molar-refractivity contribution in [3.05, 3.63) is 53.5 Å². The third kappa shape index (κ3) is 3.12. The van der Waals surface area contributed by atoms with Crippen molar-refractivity contribution in [3.63, 3.8) is 0 Å². The number of carbonyl (C=O) groups excluding carboxylic acids is 1. The minimum Gasteiger partial charge on any atom is -0.480 e. The van der Waals surface area contributed by atoms with Crippen molar-refractivity contribution in [2.45, 2.75) is 0 Å². The average molecular weight is 268 g/mol. The zero-order valence-electron chi connectivity index (χ0n) is 11.1. The summed E-state index contributed by atoms with van der Waals surface area (Å²) in [5.41, 5.74) is 1.62. The Bertz CT molecular complexity index is 673. The molecule has 0 fully saturated rings. The highest BCUT2D eigenvalue weighted by atomic mass is 16.5. The van der Waals surface area contributed by atoms with Crippen molar-refractivity contribution in [1.82, 2.24) is 9.97 Å². The van der Waals surface area contributed by atoms with E-state index in [1.54, 1.807) is 24.5 Å². The van der Waals surface area contributed by atoms with Gasteiger partial charge in [0.05, 0.1) is 14.2 Å². The van der Waals surface area contributed by atoms with E-state index < -0.39 is 5.97 Å². The highest BCUT2D eigenvalue weighted by Gasteiger charge is 2.14. The van der Waals surface area contributed by atoms with Crippen LogP contribution in [0.25, 0.3) is 0 Å². The molecule has 0 amide bonds. The zero-order chi connectivity index (χ0) is 14.4. The van der Waals surface area contributed by atoms with Crippen molar-refractivity contribution in [2.24, 2.45) is 0 Å². The topological polar surface area (TPSA) is 61.3 Å². The monoisotopic (exact) mass is 268 g/mol. The molecule has 2 aromatic rings. The molecule has 2 aromatic heterocycles. The Hall–Kier alpha value is -2.87. The minimum absolute atomic E-state index is 0.212. The largest absolute Gasteiger partial charge is 0.480 e. The molecule has 0 spiro atoms. The van der Waals surface area contributed by atoms with Gasteiger partial charge in [-0.3, -0.25) is 4.98 Å². The third-order valence-corrected chi connectivity index (χ3v) is 2.46. The summed E-state index contributed by atoms with van der Waals surface area (Å²) < 4.78 is 9.70. The fourth-order valence-electron chi connectivity index (χ4n) is 1.52.